The van der Waals surface area contributed by atoms with Crippen molar-refractivity contribution in [3.63, 3.8) is 0 Å². The van der Waals surface area contributed by atoms with Gasteiger partial charge in [0.05, 0.1) is 11.3 Å². The molecule has 6 heteroatoms. The molecule has 0 fully saturated rings. The number of hydrogen-bond acceptors (Lipinski definition) is 4. The number of carbonyl (C=O) groups is 2. The molecule has 0 radical (unpaired) electrons. The van der Waals surface area contributed by atoms with Gasteiger partial charge >= 0.3 is 5.97 Å². The molecule has 2 aromatic rings. The van der Waals surface area contributed by atoms with Crippen LogP contribution in [0, 0.1) is 0 Å². The van der Waals surface area contributed by atoms with Gasteiger partial charge in [-0.3, -0.25) is 9.59 Å². The number of Topliss-reactive ketones (excluding diaryl/α,β-unsaturated/α-hetero) is 1. The summed E-state index contributed by atoms with van der Waals surface area (Å²) in [6.07, 6.45) is 0.204. The quantitative estimate of drug-likeness (QED) is 0.561. The normalized spacial score (nSPS) is 10.4. The van der Waals surface area contributed by atoms with Gasteiger partial charge in [-0.25, -0.2) is 0 Å². The Morgan fingerprint density at radius 2 is 1.95 bits per heavy atom. The van der Waals surface area contributed by atoms with Crippen LogP contribution in [0.15, 0.2) is 35.7 Å². The van der Waals surface area contributed by atoms with E-state index in [4.69, 9.17) is 27.9 Å². The summed E-state index contributed by atoms with van der Waals surface area (Å²) < 4.78 is 5.10. The Morgan fingerprint density at radius 3 is 2.62 bits per heavy atom. The number of ketones is 1. The van der Waals surface area contributed by atoms with E-state index in [-0.39, 0.29) is 25.2 Å². The summed E-state index contributed by atoms with van der Waals surface area (Å²) in [4.78, 5) is 24.0. The Kier molecular flexibility index (Phi) is 5.79. The lowest BCUT2D eigenvalue weighted by atomic mass is 10.2. The number of esters is 1. The summed E-state index contributed by atoms with van der Waals surface area (Å²) in [5.74, 6) is -0.475. The Morgan fingerprint density at radius 1 is 1.14 bits per heavy atom. The molecule has 0 aliphatic carbocycles. The molecule has 0 spiro atoms. The van der Waals surface area contributed by atoms with Crippen molar-refractivity contribution in [1.82, 2.24) is 0 Å². The SMILES string of the molecule is O=C(CCC(=O)c1cccs1)OCc1ccc(Cl)cc1Cl. The fourth-order valence-corrected chi connectivity index (χ4v) is 2.80. The van der Waals surface area contributed by atoms with Crippen molar-refractivity contribution >= 4 is 46.3 Å². The molecule has 0 atom stereocenters. The lowest BCUT2D eigenvalue weighted by Crippen LogP contribution is -2.07. The first-order valence-electron chi connectivity index (χ1n) is 6.22. The van der Waals surface area contributed by atoms with Crippen molar-refractivity contribution < 1.29 is 14.3 Å². The molecular weight excluding hydrogens is 331 g/mol. The van der Waals surface area contributed by atoms with Crippen LogP contribution in [0.1, 0.15) is 28.1 Å². The summed E-state index contributed by atoms with van der Waals surface area (Å²) >= 11 is 13.1. The van der Waals surface area contributed by atoms with Crippen molar-refractivity contribution in [3.8, 4) is 0 Å². The van der Waals surface area contributed by atoms with Gasteiger partial charge in [0, 0.05) is 22.0 Å². The molecule has 0 aliphatic heterocycles. The van der Waals surface area contributed by atoms with Crippen LogP contribution in [-0.4, -0.2) is 11.8 Å². The van der Waals surface area contributed by atoms with Gasteiger partial charge in [0.2, 0.25) is 0 Å². The Bertz CT molecular complexity index is 638. The van der Waals surface area contributed by atoms with E-state index in [0.717, 1.165) is 0 Å². The highest BCUT2D eigenvalue weighted by molar-refractivity contribution is 7.12. The van der Waals surface area contributed by atoms with Crippen molar-refractivity contribution in [2.75, 3.05) is 0 Å². The topological polar surface area (TPSA) is 43.4 Å². The minimum atomic E-state index is -0.425. The van der Waals surface area contributed by atoms with Crippen molar-refractivity contribution in [3.05, 3.63) is 56.2 Å². The Labute approximate surface area is 136 Å². The Hall–Kier alpha value is -1.36. The molecule has 1 heterocycles. The van der Waals surface area contributed by atoms with E-state index < -0.39 is 5.97 Å². The highest BCUT2D eigenvalue weighted by Crippen LogP contribution is 2.21. The molecule has 0 aliphatic rings. The van der Waals surface area contributed by atoms with Crippen LogP contribution in [0.5, 0.6) is 0 Å². The molecule has 3 nitrogen and oxygen atoms in total. The van der Waals surface area contributed by atoms with Gasteiger partial charge in [0.25, 0.3) is 0 Å². The zero-order valence-corrected chi connectivity index (χ0v) is 13.3. The third-order valence-corrected chi connectivity index (χ3v) is 4.25. The van der Waals surface area contributed by atoms with Gasteiger partial charge in [-0.05, 0) is 23.6 Å². The highest BCUT2D eigenvalue weighted by atomic mass is 35.5. The predicted molar refractivity (Wildman–Crippen MR) is 84.1 cm³/mol. The Balaban J connectivity index is 1.78. The molecule has 0 unspecified atom stereocenters. The van der Waals surface area contributed by atoms with E-state index >= 15 is 0 Å². The van der Waals surface area contributed by atoms with E-state index in [0.29, 0.717) is 20.5 Å². The molecule has 0 amide bonds. The van der Waals surface area contributed by atoms with Crippen molar-refractivity contribution in [1.29, 1.82) is 0 Å². The summed E-state index contributed by atoms with van der Waals surface area (Å²) in [6, 6.07) is 8.52. The van der Waals surface area contributed by atoms with E-state index in [9.17, 15) is 9.59 Å². The van der Waals surface area contributed by atoms with Crippen molar-refractivity contribution in [2.45, 2.75) is 19.4 Å². The molecule has 21 heavy (non-hydrogen) atoms. The first-order chi connectivity index (χ1) is 10.1. The van der Waals surface area contributed by atoms with Gasteiger partial charge in [0.1, 0.15) is 6.61 Å². The van der Waals surface area contributed by atoms with Crippen LogP contribution in [0.25, 0.3) is 0 Å². The minimum absolute atomic E-state index is 0.0496. The molecule has 0 saturated heterocycles. The van der Waals surface area contributed by atoms with Gasteiger partial charge < -0.3 is 4.74 Å². The summed E-state index contributed by atoms with van der Waals surface area (Å²) in [7, 11) is 0. The zero-order valence-electron chi connectivity index (χ0n) is 11.0. The summed E-state index contributed by atoms with van der Waals surface area (Å²) in [5.41, 5.74) is 0.680. The maximum atomic E-state index is 11.7. The molecule has 110 valence electrons. The number of benzene rings is 1. The second kappa shape index (κ2) is 7.59. The minimum Gasteiger partial charge on any atom is -0.461 e. The monoisotopic (exact) mass is 342 g/mol. The van der Waals surface area contributed by atoms with Gasteiger partial charge in [-0.1, -0.05) is 35.3 Å². The largest absolute Gasteiger partial charge is 0.461 e. The van der Waals surface area contributed by atoms with Crippen LogP contribution >= 0.6 is 34.5 Å². The van der Waals surface area contributed by atoms with E-state index in [1.54, 1.807) is 30.3 Å². The third kappa shape index (κ3) is 4.84. The second-order valence-electron chi connectivity index (χ2n) is 4.30. The first-order valence-corrected chi connectivity index (χ1v) is 7.86. The lowest BCUT2D eigenvalue weighted by Gasteiger charge is -2.06. The van der Waals surface area contributed by atoms with E-state index in [1.165, 1.54) is 11.3 Å². The van der Waals surface area contributed by atoms with Crippen LogP contribution in [0.4, 0.5) is 0 Å². The van der Waals surface area contributed by atoms with Crippen LogP contribution < -0.4 is 0 Å². The maximum Gasteiger partial charge on any atom is 0.306 e. The summed E-state index contributed by atoms with van der Waals surface area (Å²) in [5, 5.41) is 2.80. The molecule has 1 aromatic carbocycles. The van der Waals surface area contributed by atoms with Crippen LogP contribution in [0.2, 0.25) is 10.0 Å². The third-order valence-electron chi connectivity index (χ3n) is 2.76. The molecular formula is C15H12Cl2O3S. The number of rotatable bonds is 6. The fourth-order valence-electron chi connectivity index (χ4n) is 1.65. The second-order valence-corrected chi connectivity index (χ2v) is 6.09. The smallest absolute Gasteiger partial charge is 0.306 e. The summed E-state index contributed by atoms with van der Waals surface area (Å²) in [6.45, 7) is 0.0715. The number of halogens is 2. The van der Waals surface area contributed by atoms with Crippen LogP contribution in [0.3, 0.4) is 0 Å². The number of ether oxygens (including phenoxy) is 1. The first kappa shape index (κ1) is 16.0. The van der Waals surface area contributed by atoms with Crippen LogP contribution in [-0.2, 0) is 16.1 Å². The fraction of sp³-hybridized carbons (Fsp3) is 0.200. The maximum absolute atomic E-state index is 11.7. The van der Waals surface area contributed by atoms with E-state index in [1.807, 2.05) is 5.38 Å². The van der Waals surface area contributed by atoms with E-state index in [2.05, 4.69) is 0 Å². The zero-order chi connectivity index (χ0) is 15.2. The molecule has 0 N–H and O–H groups in total. The van der Waals surface area contributed by atoms with Crippen molar-refractivity contribution in [2.24, 2.45) is 0 Å². The highest BCUT2D eigenvalue weighted by Gasteiger charge is 2.11. The van der Waals surface area contributed by atoms with Gasteiger partial charge in [-0.15, -0.1) is 11.3 Å². The average molecular weight is 343 g/mol. The number of hydrogen-bond donors (Lipinski definition) is 0. The van der Waals surface area contributed by atoms with Gasteiger partial charge in [-0.2, -0.15) is 0 Å². The molecule has 2 rings (SSSR count). The molecule has 0 saturated carbocycles. The number of carbonyl (C=O) groups excluding carboxylic acids is 2. The predicted octanol–water partition coefficient (Wildman–Crippen LogP) is 4.76. The standard InChI is InChI=1S/C15H12Cl2O3S/c16-11-4-3-10(12(17)8-11)9-20-15(19)6-5-13(18)14-2-1-7-21-14/h1-4,7-8H,5-6,9H2. The molecule has 0 bridgehead atoms. The number of thiophene rings is 1. The molecule has 1 aromatic heterocycles. The van der Waals surface area contributed by atoms with Gasteiger partial charge in [0.15, 0.2) is 5.78 Å². The lowest BCUT2D eigenvalue weighted by molar-refractivity contribution is -0.144. The average Bonchev–Trinajstić information content (AvgIpc) is 2.98.